The number of aliphatic carboxylic acids is 1. The minimum atomic E-state index is -4.09. The van der Waals surface area contributed by atoms with Crippen LogP contribution in [0.3, 0.4) is 0 Å². The summed E-state index contributed by atoms with van der Waals surface area (Å²) in [7, 11) is -4.09. The lowest BCUT2D eigenvalue weighted by Crippen LogP contribution is -2.49. The Balaban J connectivity index is 1.67. The van der Waals surface area contributed by atoms with E-state index in [1.807, 2.05) is 46.9 Å². The first-order valence-electron chi connectivity index (χ1n) is 11.2. The molecule has 2 aromatic carbocycles. The Labute approximate surface area is 223 Å². The highest BCUT2D eigenvalue weighted by atomic mass is 127. The van der Waals surface area contributed by atoms with Gasteiger partial charge in [0.25, 0.3) is 5.91 Å². The lowest BCUT2D eigenvalue weighted by Gasteiger charge is -2.25. The largest absolute Gasteiger partial charge is 0.480 e. The van der Waals surface area contributed by atoms with Gasteiger partial charge in [0.2, 0.25) is 10.0 Å². The first-order chi connectivity index (χ1) is 17.1. The van der Waals surface area contributed by atoms with Crippen LogP contribution in [-0.4, -0.2) is 54.4 Å². The molecule has 1 atom stereocenters. The molecule has 3 rings (SSSR count). The van der Waals surface area contributed by atoms with Crippen LogP contribution in [0.2, 0.25) is 0 Å². The first-order valence-corrected chi connectivity index (χ1v) is 13.8. The van der Waals surface area contributed by atoms with Gasteiger partial charge in [-0.1, -0.05) is 18.2 Å². The molecule has 0 aliphatic rings. The number of amides is 1. The van der Waals surface area contributed by atoms with Gasteiger partial charge in [-0.25, -0.2) is 13.4 Å². The number of carbonyl (C=O) groups excluding carboxylic acids is 1. The molecule has 0 saturated carbocycles. The first kappa shape index (κ1) is 27.6. The van der Waals surface area contributed by atoms with Crippen LogP contribution in [0.4, 0.5) is 5.82 Å². The lowest BCUT2D eigenvalue weighted by molar-refractivity contribution is -0.139. The molecule has 3 aromatic rings. The quantitative estimate of drug-likeness (QED) is 0.279. The number of aryl methyl sites for hydroxylation is 2. The summed E-state index contributed by atoms with van der Waals surface area (Å²) in [6, 6.07) is 17.0. The molecule has 36 heavy (non-hydrogen) atoms. The fourth-order valence-corrected chi connectivity index (χ4v) is 5.06. The van der Waals surface area contributed by atoms with Gasteiger partial charge in [-0.15, -0.1) is 0 Å². The minimum absolute atomic E-state index is 0.0486. The molecule has 0 radical (unpaired) electrons. The molecule has 1 heterocycles. The molecule has 0 fully saturated rings. The third-order valence-electron chi connectivity index (χ3n) is 5.49. The molecule has 1 amide bonds. The SMILES string of the molecule is CCN(C[C@H](NS(=O)(=O)c1ccc(I)cc1)C(=O)O)C(=O)c1ccc(CCc2cccc(N)n2)cc1. The fourth-order valence-electron chi connectivity index (χ4n) is 3.52. The van der Waals surface area contributed by atoms with Crippen molar-refractivity contribution in [2.75, 3.05) is 18.8 Å². The van der Waals surface area contributed by atoms with Gasteiger partial charge in [0, 0.05) is 27.9 Å². The molecule has 0 saturated heterocycles. The predicted molar refractivity (Wildman–Crippen MR) is 145 cm³/mol. The normalized spacial score (nSPS) is 12.2. The van der Waals surface area contributed by atoms with E-state index in [-0.39, 0.29) is 23.9 Å². The number of nitrogens with two attached hydrogens (primary N) is 1. The number of rotatable bonds is 11. The number of hydrogen-bond donors (Lipinski definition) is 3. The van der Waals surface area contributed by atoms with Gasteiger partial charge in [0.15, 0.2) is 0 Å². The number of halogens is 1. The van der Waals surface area contributed by atoms with E-state index in [0.717, 1.165) is 14.8 Å². The second-order valence-corrected chi connectivity index (χ2v) is 11.0. The van der Waals surface area contributed by atoms with Crippen LogP contribution in [0.25, 0.3) is 0 Å². The van der Waals surface area contributed by atoms with Gasteiger partial charge in [-0.05, 0) is 96.5 Å². The highest BCUT2D eigenvalue weighted by Gasteiger charge is 2.29. The van der Waals surface area contributed by atoms with Gasteiger partial charge < -0.3 is 15.7 Å². The molecule has 1 aromatic heterocycles. The zero-order valence-electron chi connectivity index (χ0n) is 19.6. The molecule has 4 N–H and O–H groups in total. The van der Waals surface area contributed by atoms with Gasteiger partial charge in [0.1, 0.15) is 11.9 Å². The summed E-state index contributed by atoms with van der Waals surface area (Å²) in [6.45, 7) is 1.59. The van der Waals surface area contributed by atoms with Crippen LogP contribution >= 0.6 is 22.6 Å². The Morgan fingerprint density at radius 3 is 2.31 bits per heavy atom. The zero-order valence-corrected chi connectivity index (χ0v) is 22.6. The third-order valence-corrected chi connectivity index (χ3v) is 7.70. The van der Waals surface area contributed by atoms with Crippen molar-refractivity contribution >= 4 is 50.3 Å². The van der Waals surface area contributed by atoms with E-state index in [0.29, 0.717) is 24.2 Å². The van der Waals surface area contributed by atoms with Crippen LogP contribution in [0, 0.1) is 3.57 Å². The summed E-state index contributed by atoms with van der Waals surface area (Å²) in [5, 5.41) is 9.65. The van der Waals surface area contributed by atoms with Crippen molar-refractivity contribution in [3.8, 4) is 0 Å². The molecule has 11 heteroatoms. The Bertz CT molecular complexity index is 1320. The molecule has 0 aliphatic heterocycles. The number of carbonyl (C=O) groups is 2. The van der Waals surface area contributed by atoms with Crippen LogP contribution in [0.5, 0.6) is 0 Å². The summed E-state index contributed by atoms with van der Waals surface area (Å²) >= 11 is 2.04. The molecule has 0 bridgehead atoms. The second-order valence-electron chi connectivity index (χ2n) is 8.06. The standard InChI is InChI=1S/C25H27IN4O5S/c1-2-30(16-22(25(32)33)29-36(34,35)21-14-11-19(26)12-15-21)24(31)18-9-6-17(7-10-18)8-13-20-4-3-5-23(27)28-20/h3-7,9-12,14-15,22,29H,2,8,13,16H2,1H3,(H2,27,28)(H,32,33)/t22-/m0/s1. The van der Waals surface area contributed by atoms with Gasteiger partial charge in [-0.3, -0.25) is 9.59 Å². The van der Waals surface area contributed by atoms with Crippen LogP contribution in [0.15, 0.2) is 71.6 Å². The Hall–Kier alpha value is -3.03. The average Bonchev–Trinajstić information content (AvgIpc) is 2.85. The van der Waals surface area contributed by atoms with Gasteiger partial charge >= 0.3 is 5.97 Å². The molecule has 0 spiro atoms. The fraction of sp³-hybridized carbons (Fsp3) is 0.240. The topological polar surface area (TPSA) is 143 Å². The summed E-state index contributed by atoms with van der Waals surface area (Å²) in [5.74, 6) is -1.30. The Morgan fingerprint density at radius 2 is 1.72 bits per heavy atom. The van der Waals surface area contributed by atoms with Crippen LogP contribution in [0.1, 0.15) is 28.5 Å². The van der Waals surface area contributed by atoms with E-state index in [9.17, 15) is 23.1 Å². The maximum absolute atomic E-state index is 13.1. The molecule has 0 aliphatic carbocycles. The number of nitrogens with zero attached hydrogens (tertiary/aromatic N) is 2. The van der Waals surface area contributed by atoms with Gasteiger partial charge in [-0.2, -0.15) is 4.72 Å². The predicted octanol–water partition coefficient (Wildman–Crippen LogP) is 2.95. The number of aromatic nitrogens is 1. The number of pyridine rings is 1. The third kappa shape index (κ3) is 7.48. The Morgan fingerprint density at radius 1 is 1.06 bits per heavy atom. The number of sulfonamides is 1. The summed E-state index contributed by atoms with van der Waals surface area (Å²) in [6.07, 6.45) is 1.41. The van der Waals surface area contributed by atoms with Crippen molar-refractivity contribution in [2.24, 2.45) is 0 Å². The summed E-state index contributed by atoms with van der Waals surface area (Å²) in [4.78, 5) is 30.5. The van der Waals surface area contributed by atoms with Crippen molar-refractivity contribution in [3.63, 3.8) is 0 Å². The maximum atomic E-state index is 13.1. The van der Waals surface area contributed by atoms with E-state index in [4.69, 9.17) is 5.73 Å². The number of likely N-dealkylation sites (N-methyl/N-ethyl adjacent to an activating group) is 1. The molecular weight excluding hydrogens is 595 g/mol. The second kappa shape index (κ2) is 12.3. The van der Waals surface area contributed by atoms with Gasteiger partial charge in [0.05, 0.1) is 4.90 Å². The number of carboxylic acid groups (broad SMARTS) is 1. The molecule has 0 unspecified atom stereocenters. The Kier molecular flexibility index (Phi) is 9.40. The van der Waals surface area contributed by atoms with Crippen LogP contribution < -0.4 is 10.5 Å². The average molecular weight is 622 g/mol. The zero-order chi connectivity index (χ0) is 26.3. The lowest BCUT2D eigenvalue weighted by atomic mass is 10.0. The molecular formula is C25H27IN4O5S. The maximum Gasteiger partial charge on any atom is 0.323 e. The smallest absolute Gasteiger partial charge is 0.323 e. The number of carboxylic acids is 1. The molecule has 190 valence electrons. The van der Waals surface area contributed by atoms with Crippen molar-refractivity contribution in [1.29, 1.82) is 0 Å². The number of benzene rings is 2. The highest BCUT2D eigenvalue weighted by Crippen LogP contribution is 2.14. The molecule has 9 nitrogen and oxygen atoms in total. The monoisotopic (exact) mass is 622 g/mol. The van der Waals surface area contributed by atoms with Crippen LogP contribution in [-0.2, 0) is 27.7 Å². The van der Waals surface area contributed by atoms with E-state index in [1.165, 1.54) is 17.0 Å². The summed E-state index contributed by atoms with van der Waals surface area (Å²) in [5.41, 5.74) is 7.98. The number of hydrogen-bond acceptors (Lipinski definition) is 6. The van der Waals surface area contributed by atoms with E-state index in [1.54, 1.807) is 37.3 Å². The summed E-state index contributed by atoms with van der Waals surface area (Å²) < 4.78 is 28.4. The van der Waals surface area contributed by atoms with Crippen molar-refractivity contribution in [3.05, 3.63) is 87.1 Å². The number of nitrogens with one attached hydrogen (secondary N) is 1. The van der Waals surface area contributed by atoms with E-state index >= 15 is 0 Å². The number of anilines is 1. The van der Waals surface area contributed by atoms with Crippen molar-refractivity contribution in [1.82, 2.24) is 14.6 Å². The van der Waals surface area contributed by atoms with Crippen molar-refractivity contribution < 1.29 is 23.1 Å². The minimum Gasteiger partial charge on any atom is -0.480 e. The highest BCUT2D eigenvalue weighted by molar-refractivity contribution is 14.1. The van der Waals surface area contributed by atoms with E-state index in [2.05, 4.69) is 9.71 Å². The van der Waals surface area contributed by atoms with Crippen molar-refractivity contribution in [2.45, 2.75) is 30.7 Å². The van der Waals surface area contributed by atoms with E-state index < -0.39 is 22.0 Å². The number of nitrogen functional groups attached to an aromatic ring is 1.